The van der Waals surface area contributed by atoms with Crippen molar-refractivity contribution in [2.24, 2.45) is 0 Å². The Morgan fingerprint density at radius 3 is 1.56 bits per heavy atom. The first-order valence-electron chi connectivity index (χ1n) is 20.6. The van der Waals surface area contributed by atoms with Crippen LogP contribution in [0, 0.1) is 0 Å². The molecule has 7 nitrogen and oxygen atoms in total. The van der Waals surface area contributed by atoms with Gasteiger partial charge in [-0.25, -0.2) is 24.9 Å². The van der Waals surface area contributed by atoms with E-state index in [2.05, 4.69) is 102 Å². The number of aromatic nitrogens is 6. The smallest absolute Gasteiger partial charge is 0.180 e. The summed E-state index contributed by atoms with van der Waals surface area (Å²) < 4.78 is 8.81. The summed E-state index contributed by atoms with van der Waals surface area (Å²) >= 11 is 0. The molecule has 4 aromatic heterocycles. The minimum Gasteiger partial charge on any atom is -0.452 e. The SMILES string of the molecule is c1ccc(-c2ccc3c4ccccc4n(-c4ccc(-c5nc(-c6ccccc6)c6oc7ccccc7c6n5)cc4-c4nc(-c5ccccc5)nc(-c5ccccc5)n4)c3c2)cc1. The number of nitrogens with zero attached hydrogens (tertiary/aromatic N) is 6. The number of hydrogen-bond acceptors (Lipinski definition) is 6. The number of para-hydroxylation sites is 2. The second kappa shape index (κ2) is 14.6. The van der Waals surface area contributed by atoms with E-state index in [1.807, 2.05) is 109 Å². The van der Waals surface area contributed by atoms with E-state index >= 15 is 0 Å². The van der Waals surface area contributed by atoms with E-state index in [9.17, 15) is 0 Å². The van der Waals surface area contributed by atoms with Crippen LogP contribution < -0.4 is 0 Å². The summed E-state index contributed by atoms with van der Waals surface area (Å²) in [6.07, 6.45) is 0. The largest absolute Gasteiger partial charge is 0.452 e. The molecule has 0 fully saturated rings. The van der Waals surface area contributed by atoms with Crippen molar-refractivity contribution in [2.75, 3.05) is 0 Å². The molecule has 12 rings (SSSR count). The van der Waals surface area contributed by atoms with Gasteiger partial charge in [-0.1, -0.05) is 164 Å². The summed E-state index contributed by atoms with van der Waals surface area (Å²) in [6.45, 7) is 0. The molecule has 0 atom stereocenters. The van der Waals surface area contributed by atoms with E-state index in [-0.39, 0.29) is 0 Å². The normalized spacial score (nSPS) is 11.5. The van der Waals surface area contributed by atoms with Crippen molar-refractivity contribution >= 4 is 43.9 Å². The van der Waals surface area contributed by atoms with Crippen LogP contribution in [0.25, 0.3) is 117 Å². The summed E-state index contributed by atoms with van der Waals surface area (Å²) in [6, 6.07) is 70.5. The molecule has 0 N–H and O–H groups in total. The number of furan rings is 1. The molecule has 0 saturated heterocycles. The van der Waals surface area contributed by atoms with Gasteiger partial charge in [-0.05, 0) is 53.6 Å². The zero-order valence-corrected chi connectivity index (χ0v) is 33.2. The lowest BCUT2D eigenvalue weighted by molar-refractivity contribution is 0.667. The van der Waals surface area contributed by atoms with E-state index in [1.165, 1.54) is 0 Å². The molecular weight excluding hydrogens is 761 g/mol. The predicted molar refractivity (Wildman–Crippen MR) is 250 cm³/mol. The number of fused-ring (bicyclic) bond motifs is 6. The van der Waals surface area contributed by atoms with Gasteiger partial charge in [0.2, 0.25) is 0 Å². The van der Waals surface area contributed by atoms with Gasteiger partial charge in [0.05, 0.1) is 16.7 Å². The molecule has 0 aliphatic rings. The summed E-state index contributed by atoms with van der Waals surface area (Å²) in [5.74, 6) is 2.24. The van der Waals surface area contributed by atoms with Crippen molar-refractivity contribution in [2.45, 2.75) is 0 Å². The standard InChI is InChI=1S/C55H34N6O/c1-5-17-35(18-6-1)39-29-31-42-41-25-13-15-27-45(41)61(47(42)34-39)46-32-30-40(54-56-49(36-19-7-2-8-20-36)51-50(57-54)43-26-14-16-28-48(43)62-51)33-44(46)55-59-52(37-21-9-3-10-22-37)58-53(60-55)38-23-11-4-12-24-38/h1-34H. The molecule has 290 valence electrons. The van der Waals surface area contributed by atoms with Gasteiger partial charge in [-0.3, -0.25) is 0 Å². The molecule has 0 spiro atoms. The van der Waals surface area contributed by atoms with Crippen molar-refractivity contribution in [1.82, 2.24) is 29.5 Å². The summed E-state index contributed by atoms with van der Waals surface area (Å²) in [5.41, 5.74) is 12.5. The second-order valence-electron chi connectivity index (χ2n) is 15.3. The average molecular weight is 795 g/mol. The minimum atomic E-state index is 0.526. The van der Waals surface area contributed by atoms with Crippen LogP contribution in [0.3, 0.4) is 0 Å². The first-order valence-corrected chi connectivity index (χ1v) is 20.6. The molecule has 62 heavy (non-hydrogen) atoms. The highest BCUT2D eigenvalue weighted by atomic mass is 16.3. The molecule has 12 aromatic rings. The van der Waals surface area contributed by atoms with Gasteiger partial charge >= 0.3 is 0 Å². The Morgan fingerprint density at radius 1 is 0.339 bits per heavy atom. The maximum atomic E-state index is 6.47. The first-order chi connectivity index (χ1) is 30.7. The third-order valence-corrected chi connectivity index (χ3v) is 11.5. The van der Waals surface area contributed by atoms with Gasteiger partial charge in [-0.2, -0.15) is 0 Å². The zero-order chi connectivity index (χ0) is 41.0. The van der Waals surface area contributed by atoms with Gasteiger partial charge in [0.1, 0.15) is 16.8 Å². The van der Waals surface area contributed by atoms with E-state index in [1.54, 1.807) is 0 Å². The van der Waals surface area contributed by atoms with Crippen LogP contribution in [0.5, 0.6) is 0 Å². The lowest BCUT2D eigenvalue weighted by atomic mass is 10.0. The van der Waals surface area contributed by atoms with Crippen LogP contribution in [0.1, 0.15) is 0 Å². The van der Waals surface area contributed by atoms with Crippen molar-refractivity contribution in [3.8, 4) is 73.6 Å². The van der Waals surface area contributed by atoms with Gasteiger partial charge in [0, 0.05) is 44.0 Å². The van der Waals surface area contributed by atoms with Gasteiger partial charge < -0.3 is 8.98 Å². The van der Waals surface area contributed by atoms with Crippen LogP contribution in [-0.4, -0.2) is 29.5 Å². The lowest BCUT2D eigenvalue weighted by Crippen LogP contribution is -2.04. The van der Waals surface area contributed by atoms with E-state index in [0.717, 1.165) is 88.6 Å². The highest BCUT2D eigenvalue weighted by Crippen LogP contribution is 2.41. The van der Waals surface area contributed by atoms with Crippen molar-refractivity contribution in [3.63, 3.8) is 0 Å². The summed E-state index contributed by atoms with van der Waals surface area (Å²) in [4.78, 5) is 26.2. The number of hydrogen-bond donors (Lipinski definition) is 0. The molecule has 7 heteroatoms. The zero-order valence-electron chi connectivity index (χ0n) is 33.2. The predicted octanol–water partition coefficient (Wildman–Crippen LogP) is 13.7. The maximum absolute atomic E-state index is 6.47. The van der Waals surface area contributed by atoms with Gasteiger partial charge in [0.15, 0.2) is 28.9 Å². The summed E-state index contributed by atoms with van der Waals surface area (Å²) in [5, 5.41) is 3.22. The Hall–Kier alpha value is -8.55. The van der Waals surface area contributed by atoms with Gasteiger partial charge in [0.25, 0.3) is 0 Å². The first kappa shape index (κ1) is 35.4. The van der Waals surface area contributed by atoms with Crippen LogP contribution in [0.15, 0.2) is 211 Å². The molecule has 0 aliphatic heterocycles. The summed E-state index contributed by atoms with van der Waals surface area (Å²) in [7, 11) is 0. The third kappa shape index (κ3) is 6.02. The molecular formula is C55H34N6O. The second-order valence-corrected chi connectivity index (χ2v) is 15.3. The fraction of sp³-hybridized carbons (Fsp3) is 0. The monoisotopic (exact) mass is 794 g/mol. The van der Waals surface area contributed by atoms with Crippen molar-refractivity contribution in [3.05, 3.63) is 206 Å². The topological polar surface area (TPSA) is 82.5 Å². The fourth-order valence-corrected chi connectivity index (χ4v) is 8.53. The Labute approximate surface area is 356 Å². The van der Waals surface area contributed by atoms with Gasteiger partial charge in [-0.15, -0.1) is 0 Å². The Balaban J connectivity index is 1.17. The highest BCUT2D eigenvalue weighted by Gasteiger charge is 2.23. The molecule has 0 aliphatic carbocycles. The van der Waals surface area contributed by atoms with Crippen molar-refractivity contribution < 1.29 is 4.42 Å². The van der Waals surface area contributed by atoms with E-state index in [4.69, 9.17) is 29.3 Å². The van der Waals surface area contributed by atoms with Crippen LogP contribution in [0.4, 0.5) is 0 Å². The van der Waals surface area contributed by atoms with E-state index in [0.29, 0.717) is 28.9 Å². The Kier molecular flexibility index (Phi) is 8.35. The van der Waals surface area contributed by atoms with Crippen LogP contribution in [-0.2, 0) is 0 Å². The molecule has 4 heterocycles. The number of rotatable bonds is 7. The number of benzene rings is 8. The molecule has 0 unspecified atom stereocenters. The third-order valence-electron chi connectivity index (χ3n) is 11.5. The Morgan fingerprint density at radius 2 is 0.871 bits per heavy atom. The molecule has 0 bridgehead atoms. The maximum Gasteiger partial charge on any atom is 0.180 e. The van der Waals surface area contributed by atoms with E-state index < -0.39 is 0 Å². The van der Waals surface area contributed by atoms with Crippen LogP contribution >= 0.6 is 0 Å². The van der Waals surface area contributed by atoms with Crippen LogP contribution in [0.2, 0.25) is 0 Å². The molecule has 0 saturated carbocycles. The molecule has 0 radical (unpaired) electrons. The lowest BCUT2D eigenvalue weighted by Gasteiger charge is -2.16. The quantitative estimate of drug-likeness (QED) is 0.160. The molecule has 0 amide bonds. The Bertz CT molecular complexity index is 3560. The minimum absolute atomic E-state index is 0.526. The fourth-order valence-electron chi connectivity index (χ4n) is 8.53. The van der Waals surface area contributed by atoms with Crippen molar-refractivity contribution in [1.29, 1.82) is 0 Å². The molecule has 8 aromatic carbocycles. The highest BCUT2D eigenvalue weighted by molar-refractivity contribution is 6.11. The average Bonchev–Trinajstić information content (AvgIpc) is 3.90.